The van der Waals surface area contributed by atoms with Crippen molar-refractivity contribution >= 4 is 17.6 Å². The minimum atomic E-state index is -0.147. The third kappa shape index (κ3) is 6.10. The van der Waals surface area contributed by atoms with Gasteiger partial charge in [0.2, 0.25) is 5.91 Å². The average molecular weight is 360 g/mol. The van der Waals surface area contributed by atoms with E-state index in [2.05, 4.69) is 11.9 Å². The third-order valence-electron chi connectivity index (χ3n) is 4.25. The molecule has 1 amide bonds. The first-order valence-electron chi connectivity index (χ1n) is 9.05. The first kappa shape index (κ1) is 19.8. The molecule has 1 aromatic carbocycles. The van der Waals surface area contributed by atoms with E-state index in [1.807, 2.05) is 31.2 Å². The van der Waals surface area contributed by atoms with E-state index in [4.69, 9.17) is 9.47 Å². The monoisotopic (exact) mass is 360 g/mol. The van der Waals surface area contributed by atoms with Crippen LogP contribution in [0.4, 0.5) is 5.69 Å². The molecule has 0 radical (unpaired) electrons. The lowest BCUT2D eigenvalue weighted by Crippen LogP contribution is -2.43. The van der Waals surface area contributed by atoms with Gasteiger partial charge in [0.25, 0.3) is 0 Å². The SMILES string of the molecule is C=C(C)COc1ccc(NCC(=O)N2CCC(C(=O)OCC)CC2)cc1. The van der Waals surface area contributed by atoms with Gasteiger partial charge >= 0.3 is 5.97 Å². The van der Waals surface area contributed by atoms with E-state index in [9.17, 15) is 9.59 Å². The van der Waals surface area contributed by atoms with Crippen LogP contribution in [0.15, 0.2) is 36.4 Å². The highest BCUT2D eigenvalue weighted by Gasteiger charge is 2.27. The number of carbonyl (C=O) groups excluding carboxylic acids is 2. The number of benzene rings is 1. The summed E-state index contributed by atoms with van der Waals surface area (Å²) in [4.78, 5) is 25.9. The third-order valence-corrected chi connectivity index (χ3v) is 4.25. The molecular formula is C20H28N2O4. The average Bonchev–Trinajstić information content (AvgIpc) is 2.65. The Morgan fingerprint density at radius 1 is 1.23 bits per heavy atom. The predicted octanol–water partition coefficient (Wildman–Crippen LogP) is 2.86. The quantitative estimate of drug-likeness (QED) is 0.570. The van der Waals surface area contributed by atoms with E-state index in [1.165, 1.54) is 0 Å². The topological polar surface area (TPSA) is 67.9 Å². The van der Waals surface area contributed by atoms with Crippen LogP contribution < -0.4 is 10.1 Å². The summed E-state index contributed by atoms with van der Waals surface area (Å²) in [6, 6.07) is 7.49. The Morgan fingerprint density at radius 3 is 2.46 bits per heavy atom. The second-order valence-electron chi connectivity index (χ2n) is 6.53. The van der Waals surface area contributed by atoms with Gasteiger partial charge in [-0.25, -0.2) is 0 Å². The maximum atomic E-state index is 12.3. The van der Waals surface area contributed by atoms with E-state index in [0.717, 1.165) is 17.0 Å². The van der Waals surface area contributed by atoms with Gasteiger partial charge in [0.1, 0.15) is 12.4 Å². The zero-order valence-electron chi connectivity index (χ0n) is 15.6. The predicted molar refractivity (Wildman–Crippen MR) is 101 cm³/mol. The number of amides is 1. The summed E-state index contributed by atoms with van der Waals surface area (Å²) in [5.41, 5.74) is 1.83. The number of piperidine rings is 1. The van der Waals surface area contributed by atoms with Gasteiger partial charge < -0.3 is 19.7 Å². The summed E-state index contributed by atoms with van der Waals surface area (Å²) in [6.07, 6.45) is 1.33. The number of likely N-dealkylation sites (tertiary alicyclic amines) is 1. The Labute approximate surface area is 155 Å². The standard InChI is InChI=1S/C20H28N2O4/c1-4-25-20(24)16-9-11-22(12-10-16)19(23)13-21-17-5-7-18(8-6-17)26-14-15(2)3/h5-8,16,21H,2,4,9-14H2,1,3H3. The second kappa shape index (κ2) is 9.85. The van der Waals surface area contributed by atoms with E-state index in [0.29, 0.717) is 39.1 Å². The number of ether oxygens (including phenoxy) is 2. The van der Waals surface area contributed by atoms with Gasteiger partial charge in [-0.3, -0.25) is 9.59 Å². The van der Waals surface area contributed by atoms with Crippen LogP contribution in [0.2, 0.25) is 0 Å². The molecular weight excluding hydrogens is 332 g/mol. The number of hydrogen-bond acceptors (Lipinski definition) is 5. The number of anilines is 1. The highest BCUT2D eigenvalue weighted by molar-refractivity contribution is 5.81. The Morgan fingerprint density at radius 2 is 1.88 bits per heavy atom. The first-order valence-corrected chi connectivity index (χ1v) is 9.05. The van der Waals surface area contributed by atoms with Gasteiger partial charge in [0, 0.05) is 18.8 Å². The molecule has 0 aromatic heterocycles. The fourth-order valence-corrected chi connectivity index (χ4v) is 2.79. The minimum absolute atomic E-state index is 0.0370. The number of nitrogens with zero attached hydrogens (tertiary/aromatic N) is 1. The molecule has 1 aliphatic rings. The van der Waals surface area contributed by atoms with E-state index >= 15 is 0 Å². The van der Waals surface area contributed by atoms with E-state index in [-0.39, 0.29) is 24.3 Å². The summed E-state index contributed by atoms with van der Waals surface area (Å²) in [7, 11) is 0. The van der Waals surface area contributed by atoms with Crippen molar-refractivity contribution in [3.05, 3.63) is 36.4 Å². The molecule has 26 heavy (non-hydrogen) atoms. The number of hydrogen-bond donors (Lipinski definition) is 1. The maximum Gasteiger partial charge on any atom is 0.309 e. The summed E-state index contributed by atoms with van der Waals surface area (Å²) in [5, 5.41) is 3.13. The van der Waals surface area contributed by atoms with Crippen molar-refractivity contribution in [1.82, 2.24) is 4.90 Å². The smallest absolute Gasteiger partial charge is 0.309 e. The molecule has 6 nitrogen and oxygen atoms in total. The maximum absolute atomic E-state index is 12.3. The Bertz CT molecular complexity index is 619. The molecule has 1 heterocycles. The van der Waals surface area contributed by atoms with Crippen LogP contribution in [0.5, 0.6) is 5.75 Å². The number of rotatable bonds is 8. The molecule has 6 heteroatoms. The molecule has 0 unspecified atom stereocenters. The zero-order chi connectivity index (χ0) is 18.9. The van der Waals surface area contributed by atoms with Crippen LogP contribution in [-0.2, 0) is 14.3 Å². The fourth-order valence-electron chi connectivity index (χ4n) is 2.79. The molecule has 1 saturated heterocycles. The summed E-state index contributed by atoms with van der Waals surface area (Å²) in [5.74, 6) is 0.575. The number of esters is 1. The largest absolute Gasteiger partial charge is 0.489 e. The van der Waals surface area contributed by atoms with Crippen LogP contribution in [0, 0.1) is 5.92 Å². The number of nitrogens with one attached hydrogen (secondary N) is 1. The van der Waals surface area contributed by atoms with Gasteiger partial charge in [0.15, 0.2) is 0 Å². The van der Waals surface area contributed by atoms with Gasteiger partial charge in [-0.05, 0) is 56.5 Å². The first-order chi connectivity index (χ1) is 12.5. The van der Waals surface area contributed by atoms with Crippen molar-refractivity contribution in [2.45, 2.75) is 26.7 Å². The molecule has 142 valence electrons. The lowest BCUT2D eigenvalue weighted by Gasteiger charge is -2.31. The zero-order valence-corrected chi connectivity index (χ0v) is 15.6. The minimum Gasteiger partial charge on any atom is -0.489 e. The highest BCUT2D eigenvalue weighted by atomic mass is 16.5. The molecule has 1 aliphatic heterocycles. The summed E-state index contributed by atoms with van der Waals surface area (Å²) < 4.78 is 10.6. The lowest BCUT2D eigenvalue weighted by molar-refractivity contribution is -0.151. The Kier molecular flexibility index (Phi) is 7.51. The second-order valence-corrected chi connectivity index (χ2v) is 6.53. The van der Waals surface area contributed by atoms with Crippen LogP contribution in [0.3, 0.4) is 0 Å². The van der Waals surface area contributed by atoms with Crippen molar-refractivity contribution < 1.29 is 19.1 Å². The van der Waals surface area contributed by atoms with Crippen LogP contribution in [0.25, 0.3) is 0 Å². The van der Waals surface area contributed by atoms with Gasteiger partial charge in [-0.1, -0.05) is 6.58 Å². The van der Waals surface area contributed by atoms with Gasteiger partial charge in [0.05, 0.1) is 19.1 Å². The molecule has 0 spiro atoms. The molecule has 1 aromatic rings. The molecule has 0 bridgehead atoms. The fraction of sp³-hybridized carbons (Fsp3) is 0.500. The van der Waals surface area contributed by atoms with Crippen LogP contribution in [0.1, 0.15) is 26.7 Å². The molecule has 1 N–H and O–H groups in total. The Hall–Kier alpha value is -2.50. The molecule has 0 saturated carbocycles. The summed E-state index contributed by atoms with van der Waals surface area (Å²) >= 11 is 0. The highest BCUT2D eigenvalue weighted by Crippen LogP contribution is 2.19. The van der Waals surface area contributed by atoms with Gasteiger partial charge in [-0.2, -0.15) is 0 Å². The van der Waals surface area contributed by atoms with E-state index in [1.54, 1.807) is 11.8 Å². The summed E-state index contributed by atoms with van der Waals surface area (Å²) in [6.45, 7) is 9.84. The normalized spacial score (nSPS) is 14.6. The van der Waals surface area contributed by atoms with Crippen molar-refractivity contribution in [1.29, 1.82) is 0 Å². The van der Waals surface area contributed by atoms with E-state index < -0.39 is 0 Å². The van der Waals surface area contributed by atoms with Crippen LogP contribution >= 0.6 is 0 Å². The lowest BCUT2D eigenvalue weighted by atomic mass is 9.97. The molecule has 1 fully saturated rings. The van der Waals surface area contributed by atoms with Crippen LogP contribution in [-0.4, -0.2) is 49.6 Å². The Balaban J connectivity index is 1.73. The van der Waals surface area contributed by atoms with Crippen molar-refractivity contribution in [3.63, 3.8) is 0 Å². The van der Waals surface area contributed by atoms with Gasteiger partial charge in [-0.15, -0.1) is 0 Å². The molecule has 0 atom stereocenters. The van der Waals surface area contributed by atoms with Crippen molar-refractivity contribution in [2.24, 2.45) is 5.92 Å². The molecule has 2 rings (SSSR count). The van der Waals surface area contributed by atoms with Crippen molar-refractivity contribution in [2.75, 3.05) is 38.2 Å². The molecule has 0 aliphatic carbocycles. The van der Waals surface area contributed by atoms with Crippen molar-refractivity contribution in [3.8, 4) is 5.75 Å². The number of carbonyl (C=O) groups is 2.